The lowest BCUT2D eigenvalue weighted by atomic mass is 10.2. The van der Waals surface area contributed by atoms with E-state index in [2.05, 4.69) is 15.7 Å². The number of hydrogen-bond donors (Lipinski definition) is 3. The number of nitriles is 1. The van der Waals surface area contributed by atoms with Crippen LogP contribution >= 0.6 is 11.6 Å². The Morgan fingerprint density at radius 2 is 2.15 bits per heavy atom. The molecule has 0 aliphatic heterocycles. The van der Waals surface area contributed by atoms with Gasteiger partial charge in [0.1, 0.15) is 5.82 Å². The number of nitrogens with zero attached hydrogens (tertiary/aromatic N) is 2. The number of hydrogen-bond acceptors (Lipinski definition) is 5. The van der Waals surface area contributed by atoms with Crippen molar-refractivity contribution in [1.82, 2.24) is 4.98 Å². The minimum atomic E-state index is -0.354. The third-order valence-corrected chi connectivity index (χ3v) is 2.83. The van der Waals surface area contributed by atoms with Crippen LogP contribution in [0, 0.1) is 11.3 Å². The van der Waals surface area contributed by atoms with Crippen LogP contribution < -0.4 is 16.6 Å². The number of carbonyl (C=O) groups is 1. The predicted octanol–water partition coefficient (Wildman–Crippen LogP) is 2.14. The summed E-state index contributed by atoms with van der Waals surface area (Å²) in [6.07, 6.45) is 1.39. The molecule has 4 N–H and O–H groups in total. The number of pyridine rings is 1. The molecule has 7 heteroatoms. The highest BCUT2D eigenvalue weighted by Gasteiger charge is 2.09. The number of nitrogen functional groups attached to an aromatic ring is 1. The molecule has 0 spiro atoms. The van der Waals surface area contributed by atoms with Crippen LogP contribution in [0.15, 0.2) is 36.5 Å². The lowest BCUT2D eigenvalue weighted by molar-refractivity contribution is 0.102. The first-order valence-electron chi connectivity index (χ1n) is 5.57. The van der Waals surface area contributed by atoms with Gasteiger partial charge in [0, 0.05) is 6.20 Å². The van der Waals surface area contributed by atoms with E-state index in [4.69, 9.17) is 22.7 Å². The fourth-order valence-electron chi connectivity index (χ4n) is 1.49. The van der Waals surface area contributed by atoms with Crippen LogP contribution in [-0.4, -0.2) is 10.9 Å². The van der Waals surface area contributed by atoms with Gasteiger partial charge in [0.2, 0.25) is 0 Å². The maximum absolute atomic E-state index is 12.0. The first-order valence-corrected chi connectivity index (χ1v) is 5.95. The third-order valence-electron chi connectivity index (χ3n) is 2.52. The van der Waals surface area contributed by atoms with Crippen molar-refractivity contribution >= 4 is 29.0 Å². The van der Waals surface area contributed by atoms with E-state index in [9.17, 15) is 4.79 Å². The summed E-state index contributed by atoms with van der Waals surface area (Å²) in [5.74, 6) is 5.29. The van der Waals surface area contributed by atoms with Crippen molar-refractivity contribution in [1.29, 1.82) is 5.26 Å². The summed E-state index contributed by atoms with van der Waals surface area (Å²) in [5.41, 5.74) is 3.59. The molecule has 0 bridgehead atoms. The summed E-state index contributed by atoms with van der Waals surface area (Å²) in [7, 11) is 0. The second-order valence-corrected chi connectivity index (χ2v) is 4.24. The zero-order chi connectivity index (χ0) is 14.5. The number of hydrazine groups is 1. The van der Waals surface area contributed by atoms with Gasteiger partial charge in [-0.1, -0.05) is 11.6 Å². The van der Waals surface area contributed by atoms with Crippen LogP contribution in [0.3, 0.4) is 0 Å². The van der Waals surface area contributed by atoms with Gasteiger partial charge >= 0.3 is 0 Å². The molecule has 1 aromatic heterocycles. The Hall–Kier alpha value is -2.62. The normalized spacial score (nSPS) is 9.65. The molecule has 0 atom stereocenters. The molecular weight excluding hydrogens is 278 g/mol. The van der Waals surface area contributed by atoms with Gasteiger partial charge < -0.3 is 10.7 Å². The number of amides is 1. The number of halogens is 1. The van der Waals surface area contributed by atoms with Crippen molar-refractivity contribution in [3.05, 3.63) is 52.7 Å². The van der Waals surface area contributed by atoms with E-state index >= 15 is 0 Å². The summed E-state index contributed by atoms with van der Waals surface area (Å²) in [6.45, 7) is 0. The van der Waals surface area contributed by atoms with Crippen LogP contribution in [0.1, 0.15) is 15.9 Å². The SMILES string of the molecule is N#Cc1ccc(NC(=O)c2ccc(NN)nc2)c(Cl)c1. The quantitative estimate of drug-likeness (QED) is 0.593. The molecule has 0 aliphatic rings. The van der Waals surface area contributed by atoms with Crippen molar-refractivity contribution in [3.8, 4) is 6.07 Å². The predicted molar refractivity (Wildman–Crippen MR) is 76.2 cm³/mol. The number of nitrogens with one attached hydrogen (secondary N) is 2. The molecule has 6 nitrogen and oxygen atoms in total. The van der Waals surface area contributed by atoms with E-state index in [0.717, 1.165) is 0 Å². The van der Waals surface area contributed by atoms with Crippen LogP contribution in [0.25, 0.3) is 0 Å². The second-order valence-electron chi connectivity index (χ2n) is 3.84. The molecular formula is C13H10ClN5O. The molecule has 1 aromatic carbocycles. The minimum Gasteiger partial charge on any atom is -0.321 e. The molecule has 1 amide bonds. The monoisotopic (exact) mass is 287 g/mol. The summed E-state index contributed by atoms with van der Waals surface area (Å²) in [5, 5.41) is 11.7. The fourth-order valence-corrected chi connectivity index (χ4v) is 1.72. The molecule has 0 aliphatic carbocycles. The molecule has 2 rings (SSSR count). The van der Waals surface area contributed by atoms with Gasteiger partial charge in [-0.25, -0.2) is 10.8 Å². The van der Waals surface area contributed by atoms with Crippen LogP contribution in [0.4, 0.5) is 11.5 Å². The van der Waals surface area contributed by atoms with Crippen molar-refractivity contribution in [3.63, 3.8) is 0 Å². The summed E-state index contributed by atoms with van der Waals surface area (Å²) < 4.78 is 0. The highest BCUT2D eigenvalue weighted by molar-refractivity contribution is 6.34. The van der Waals surface area contributed by atoms with E-state index in [0.29, 0.717) is 27.7 Å². The number of nitrogens with two attached hydrogens (primary N) is 1. The van der Waals surface area contributed by atoms with Crippen molar-refractivity contribution in [2.24, 2.45) is 5.84 Å². The minimum absolute atomic E-state index is 0.297. The van der Waals surface area contributed by atoms with Gasteiger partial charge in [0.25, 0.3) is 5.91 Å². The standard InChI is InChI=1S/C13H10ClN5O/c14-10-5-8(6-15)1-3-11(10)18-13(20)9-2-4-12(19-16)17-7-9/h1-5,7H,16H2,(H,17,19)(H,18,20). The lowest BCUT2D eigenvalue weighted by Crippen LogP contribution is -2.14. The molecule has 0 unspecified atom stereocenters. The molecule has 0 fully saturated rings. The van der Waals surface area contributed by atoms with Gasteiger partial charge in [-0.15, -0.1) is 0 Å². The summed E-state index contributed by atoms with van der Waals surface area (Å²) >= 11 is 5.98. The Balaban J connectivity index is 2.17. The van der Waals surface area contributed by atoms with Crippen LogP contribution in [0.5, 0.6) is 0 Å². The van der Waals surface area contributed by atoms with Gasteiger partial charge in [-0.3, -0.25) is 4.79 Å². The number of anilines is 2. The lowest BCUT2D eigenvalue weighted by Gasteiger charge is -2.07. The Morgan fingerprint density at radius 1 is 1.35 bits per heavy atom. The largest absolute Gasteiger partial charge is 0.321 e. The Morgan fingerprint density at radius 3 is 2.70 bits per heavy atom. The highest BCUT2D eigenvalue weighted by atomic mass is 35.5. The summed E-state index contributed by atoms with van der Waals surface area (Å²) in [4.78, 5) is 15.9. The average molecular weight is 288 g/mol. The van der Waals surface area contributed by atoms with E-state index in [1.54, 1.807) is 24.3 Å². The third kappa shape index (κ3) is 3.03. The van der Waals surface area contributed by atoms with Gasteiger partial charge in [0.05, 0.1) is 27.9 Å². The number of rotatable bonds is 3. The molecule has 100 valence electrons. The molecule has 0 saturated heterocycles. The van der Waals surface area contributed by atoms with Crippen molar-refractivity contribution < 1.29 is 4.79 Å². The van der Waals surface area contributed by atoms with Crippen LogP contribution in [0.2, 0.25) is 5.02 Å². The number of carbonyl (C=O) groups excluding carboxylic acids is 1. The molecule has 2 aromatic rings. The maximum atomic E-state index is 12.0. The number of aromatic nitrogens is 1. The van der Waals surface area contributed by atoms with Crippen molar-refractivity contribution in [2.75, 3.05) is 10.7 Å². The zero-order valence-electron chi connectivity index (χ0n) is 10.2. The van der Waals surface area contributed by atoms with Crippen LogP contribution in [-0.2, 0) is 0 Å². The first-order chi connectivity index (χ1) is 9.63. The van der Waals surface area contributed by atoms with Gasteiger partial charge in [0.15, 0.2) is 0 Å². The maximum Gasteiger partial charge on any atom is 0.257 e. The zero-order valence-corrected chi connectivity index (χ0v) is 11.0. The second kappa shape index (κ2) is 6.02. The van der Waals surface area contributed by atoms with Crippen molar-refractivity contribution in [2.45, 2.75) is 0 Å². The molecule has 0 radical (unpaired) electrons. The Bertz CT molecular complexity index is 678. The topological polar surface area (TPSA) is 104 Å². The smallest absolute Gasteiger partial charge is 0.257 e. The Labute approximate surface area is 120 Å². The van der Waals surface area contributed by atoms with E-state index in [-0.39, 0.29) is 5.91 Å². The van der Waals surface area contributed by atoms with Gasteiger partial charge in [-0.05, 0) is 30.3 Å². The average Bonchev–Trinajstić information content (AvgIpc) is 2.49. The van der Waals surface area contributed by atoms with E-state index in [1.165, 1.54) is 12.3 Å². The first kappa shape index (κ1) is 13.8. The van der Waals surface area contributed by atoms with Gasteiger partial charge in [-0.2, -0.15) is 5.26 Å². The Kier molecular flexibility index (Phi) is 4.15. The molecule has 20 heavy (non-hydrogen) atoms. The highest BCUT2D eigenvalue weighted by Crippen LogP contribution is 2.23. The summed E-state index contributed by atoms with van der Waals surface area (Å²) in [6, 6.07) is 9.75. The fraction of sp³-hybridized carbons (Fsp3) is 0. The molecule has 0 saturated carbocycles. The molecule has 1 heterocycles. The number of benzene rings is 1. The van der Waals surface area contributed by atoms with E-state index < -0.39 is 0 Å². The van der Waals surface area contributed by atoms with E-state index in [1.807, 2.05) is 6.07 Å².